The van der Waals surface area contributed by atoms with Crippen LogP contribution in [0.5, 0.6) is 5.75 Å². The first kappa shape index (κ1) is 18.8. The van der Waals surface area contributed by atoms with Crippen molar-refractivity contribution in [1.82, 2.24) is 36.1 Å². The molecule has 0 bridgehead atoms. The number of nitrogens with one attached hydrogen (secondary N) is 3. The number of nitrogens with zero attached hydrogens (tertiary/aromatic N) is 5. The molecule has 150 valence electrons. The van der Waals surface area contributed by atoms with Crippen LogP contribution < -0.4 is 20.9 Å². The van der Waals surface area contributed by atoms with Crippen molar-refractivity contribution in [3.63, 3.8) is 0 Å². The molecule has 1 atom stereocenters. The van der Waals surface area contributed by atoms with Gasteiger partial charge in [0.2, 0.25) is 5.82 Å². The summed E-state index contributed by atoms with van der Waals surface area (Å²) < 4.78 is 24.8. The lowest BCUT2D eigenvalue weighted by Crippen LogP contribution is -2.36. The molecule has 3 heterocycles. The van der Waals surface area contributed by atoms with Crippen LogP contribution in [0.25, 0.3) is 10.9 Å². The van der Waals surface area contributed by atoms with Crippen molar-refractivity contribution in [3.8, 4) is 5.75 Å². The number of ether oxygens (including phenoxy) is 2. The van der Waals surface area contributed by atoms with Crippen molar-refractivity contribution in [1.29, 1.82) is 0 Å². The van der Waals surface area contributed by atoms with Gasteiger partial charge in [0, 0.05) is 24.7 Å². The Morgan fingerprint density at radius 1 is 1.28 bits per heavy atom. The Balaban J connectivity index is 1.30. The van der Waals surface area contributed by atoms with E-state index in [2.05, 4.69) is 41.5 Å². The van der Waals surface area contributed by atoms with Gasteiger partial charge >= 0.3 is 0 Å². The van der Waals surface area contributed by atoms with Gasteiger partial charge in [-0.2, -0.15) is 0 Å². The van der Waals surface area contributed by atoms with Crippen LogP contribution in [0.15, 0.2) is 30.5 Å². The number of rotatable bonds is 6. The number of morpholine rings is 1. The highest BCUT2D eigenvalue weighted by Gasteiger charge is 2.19. The lowest BCUT2D eigenvalue weighted by molar-refractivity contribution is -0.122. The molecule has 1 unspecified atom stereocenters. The van der Waals surface area contributed by atoms with Crippen LogP contribution in [0.3, 0.4) is 0 Å². The number of para-hydroxylation sites is 1. The summed E-state index contributed by atoms with van der Waals surface area (Å²) in [5.74, 6) is -0.251. The van der Waals surface area contributed by atoms with E-state index in [9.17, 15) is 9.18 Å². The van der Waals surface area contributed by atoms with E-state index in [-0.39, 0.29) is 24.2 Å². The van der Waals surface area contributed by atoms with Gasteiger partial charge in [0.15, 0.2) is 6.61 Å². The van der Waals surface area contributed by atoms with E-state index in [1.807, 2.05) is 0 Å². The second kappa shape index (κ2) is 8.67. The van der Waals surface area contributed by atoms with Crippen molar-refractivity contribution >= 4 is 22.8 Å². The maximum atomic E-state index is 13.8. The molecule has 1 fully saturated rings. The molecule has 0 saturated carbocycles. The first-order valence-corrected chi connectivity index (χ1v) is 8.81. The second-order valence-electron chi connectivity index (χ2n) is 6.05. The minimum atomic E-state index is -0.501. The standard InChI is InChI=1S/C17H17FN8O3/c18-11-3-1-2-10-12(4-5-20-15(10)11)29-9-14(27)21-24-17-25-22-16(23-26-17)13-8-19-6-7-28-13/h1-5,13,19H,6-9H2,(H,21,27)(H,24,25,26). The number of amides is 1. The van der Waals surface area contributed by atoms with E-state index >= 15 is 0 Å². The number of aromatic nitrogens is 5. The molecule has 1 amide bonds. The van der Waals surface area contributed by atoms with Crippen LogP contribution in [0.1, 0.15) is 11.9 Å². The Kier molecular flexibility index (Phi) is 5.63. The maximum Gasteiger partial charge on any atom is 0.280 e. The fraction of sp³-hybridized carbons (Fsp3) is 0.294. The number of carbonyl (C=O) groups excluding carboxylic acids is 1. The van der Waals surface area contributed by atoms with Crippen LogP contribution in [0.2, 0.25) is 0 Å². The fourth-order valence-electron chi connectivity index (χ4n) is 2.69. The SMILES string of the molecule is O=C(COc1ccnc2c(F)cccc12)NNc1nnc(C2CNCCO2)nn1. The molecule has 1 aliphatic heterocycles. The number of hydrogen-bond acceptors (Lipinski definition) is 10. The average Bonchev–Trinajstić information content (AvgIpc) is 2.77. The summed E-state index contributed by atoms with van der Waals surface area (Å²) >= 11 is 0. The van der Waals surface area contributed by atoms with Crippen LogP contribution in [0.4, 0.5) is 10.3 Å². The molecular formula is C17H17FN8O3. The predicted molar refractivity (Wildman–Crippen MR) is 98.1 cm³/mol. The zero-order valence-electron chi connectivity index (χ0n) is 15.1. The van der Waals surface area contributed by atoms with E-state index in [1.165, 1.54) is 12.3 Å². The van der Waals surface area contributed by atoms with Crippen molar-refractivity contribution in [2.24, 2.45) is 0 Å². The number of benzene rings is 1. The van der Waals surface area contributed by atoms with Crippen molar-refractivity contribution in [3.05, 3.63) is 42.1 Å². The van der Waals surface area contributed by atoms with E-state index in [4.69, 9.17) is 9.47 Å². The van der Waals surface area contributed by atoms with E-state index in [0.717, 1.165) is 6.54 Å². The topological polar surface area (TPSA) is 136 Å². The number of hydrogen-bond donors (Lipinski definition) is 3. The Hall–Kier alpha value is -3.51. The monoisotopic (exact) mass is 400 g/mol. The van der Waals surface area contributed by atoms with E-state index in [1.54, 1.807) is 18.2 Å². The minimum Gasteiger partial charge on any atom is -0.483 e. The minimum absolute atomic E-state index is 0.0160. The smallest absolute Gasteiger partial charge is 0.280 e. The van der Waals surface area contributed by atoms with E-state index in [0.29, 0.717) is 30.1 Å². The van der Waals surface area contributed by atoms with Gasteiger partial charge in [-0.25, -0.2) is 4.39 Å². The van der Waals surface area contributed by atoms with Gasteiger partial charge in [-0.05, 0) is 18.2 Å². The molecular weight excluding hydrogens is 383 g/mol. The summed E-state index contributed by atoms with van der Waals surface area (Å²) in [7, 11) is 0. The van der Waals surface area contributed by atoms with Crippen LogP contribution >= 0.6 is 0 Å². The van der Waals surface area contributed by atoms with Crippen LogP contribution in [0, 0.1) is 5.82 Å². The maximum absolute atomic E-state index is 13.8. The van der Waals surface area contributed by atoms with E-state index < -0.39 is 11.7 Å². The Morgan fingerprint density at radius 2 is 2.14 bits per heavy atom. The first-order chi connectivity index (χ1) is 14.2. The first-order valence-electron chi connectivity index (χ1n) is 8.81. The van der Waals surface area contributed by atoms with Crippen LogP contribution in [-0.4, -0.2) is 57.6 Å². The van der Waals surface area contributed by atoms with Gasteiger partial charge in [0.05, 0.1) is 6.61 Å². The number of halogens is 1. The largest absolute Gasteiger partial charge is 0.483 e. The fourth-order valence-corrected chi connectivity index (χ4v) is 2.69. The number of fused-ring (bicyclic) bond motifs is 1. The second-order valence-corrected chi connectivity index (χ2v) is 6.05. The van der Waals surface area contributed by atoms with Gasteiger partial charge in [-0.15, -0.1) is 20.4 Å². The summed E-state index contributed by atoms with van der Waals surface area (Å²) in [6.45, 7) is 1.60. The quantitative estimate of drug-likeness (QED) is 0.490. The van der Waals surface area contributed by atoms with Gasteiger partial charge < -0.3 is 14.8 Å². The molecule has 11 nitrogen and oxygen atoms in total. The summed E-state index contributed by atoms with van der Waals surface area (Å²) in [6.07, 6.45) is 1.11. The molecule has 3 aromatic rings. The highest BCUT2D eigenvalue weighted by molar-refractivity contribution is 5.86. The summed E-state index contributed by atoms with van der Waals surface area (Å²) in [6, 6.07) is 6.07. The average molecular weight is 400 g/mol. The molecule has 0 aliphatic carbocycles. The molecule has 29 heavy (non-hydrogen) atoms. The molecule has 1 aromatic carbocycles. The Morgan fingerprint density at radius 3 is 2.93 bits per heavy atom. The molecule has 4 rings (SSSR count). The zero-order chi connectivity index (χ0) is 20.1. The summed E-state index contributed by atoms with van der Waals surface area (Å²) in [5, 5.41) is 19.2. The third-order valence-corrected chi connectivity index (χ3v) is 4.06. The lowest BCUT2D eigenvalue weighted by atomic mass is 10.2. The van der Waals surface area contributed by atoms with Crippen molar-refractivity contribution < 1.29 is 18.7 Å². The summed E-state index contributed by atoms with van der Waals surface area (Å²) in [5.41, 5.74) is 5.05. The van der Waals surface area contributed by atoms with Gasteiger partial charge in [-0.3, -0.25) is 20.6 Å². The molecule has 0 spiro atoms. The lowest BCUT2D eigenvalue weighted by Gasteiger charge is -2.21. The zero-order valence-corrected chi connectivity index (χ0v) is 15.1. The van der Waals surface area contributed by atoms with Gasteiger partial charge in [0.25, 0.3) is 11.9 Å². The number of anilines is 1. The number of carbonyl (C=O) groups is 1. The normalized spacial score (nSPS) is 16.4. The third-order valence-electron chi connectivity index (χ3n) is 4.06. The molecule has 0 radical (unpaired) electrons. The van der Waals surface area contributed by atoms with Gasteiger partial charge in [0.1, 0.15) is 23.2 Å². The third kappa shape index (κ3) is 4.50. The summed E-state index contributed by atoms with van der Waals surface area (Å²) in [4.78, 5) is 16.0. The Bertz CT molecular complexity index is 998. The molecule has 1 saturated heterocycles. The highest BCUT2D eigenvalue weighted by atomic mass is 19.1. The Labute approximate surface area is 164 Å². The predicted octanol–water partition coefficient (Wildman–Crippen LogP) is 0.137. The van der Waals surface area contributed by atoms with Gasteiger partial charge in [-0.1, -0.05) is 6.07 Å². The van der Waals surface area contributed by atoms with Crippen molar-refractivity contribution in [2.45, 2.75) is 6.10 Å². The molecule has 1 aliphatic rings. The molecule has 2 aromatic heterocycles. The van der Waals surface area contributed by atoms with Crippen LogP contribution in [-0.2, 0) is 9.53 Å². The molecule has 12 heteroatoms. The van der Waals surface area contributed by atoms with Crippen molar-refractivity contribution in [2.75, 3.05) is 31.7 Å². The number of hydrazine groups is 1. The number of pyridine rings is 1. The highest BCUT2D eigenvalue weighted by Crippen LogP contribution is 2.25. The molecule has 3 N–H and O–H groups in total.